The van der Waals surface area contributed by atoms with Crippen LogP contribution in [0.25, 0.3) is 0 Å². The fourth-order valence-electron chi connectivity index (χ4n) is 2.56. The Bertz CT molecular complexity index is 692. The van der Waals surface area contributed by atoms with Gasteiger partial charge in [0.2, 0.25) is 5.91 Å². The van der Waals surface area contributed by atoms with Crippen LogP contribution >= 0.6 is 0 Å². The highest BCUT2D eigenvalue weighted by Crippen LogP contribution is 2.27. The molecule has 0 aromatic heterocycles. The van der Waals surface area contributed by atoms with Crippen molar-refractivity contribution in [3.63, 3.8) is 0 Å². The Kier molecular flexibility index (Phi) is 3.65. The highest BCUT2D eigenvalue weighted by atomic mass is 16.5. The van der Waals surface area contributed by atoms with Gasteiger partial charge in [-0.2, -0.15) is 0 Å². The van der Waals surface area contributed by atoms with E-state index < -0.39 is 0 Å². The van der Waals surface area contributed by atoms with Crippen LogP contribution in [0.1, 0.15) is 28.7 Å². The fraction of sp³-hybridized carbons (Fsp3) is 0.278. The van der Waals surface area contributed by atoms with Crippen LogP contribution in [0.2, 0.25) is 0 Å². The number of fused-ring (bicyclic) bond motifs is 1. The number of rotatable bonds is 3. The highest BCUT2D eigenvalue weighted by molar-refractivity contribution is 5.94. The van der Waals surface area contributed by atoms with Crippen molar-refractivity contribution in [2.45, 2.75) is 33.3 Å². The second-order valence-corrected chi connectivity index (χ2v) is 5.59. The topological polar surface area (TPSA) is 38.3 Å². The molecule has 21 heavy (non-hydrogen) atoms. The van der Waals surface area contributed by atoms with E-state index in [1.807, 2.05) is 18.2 Å². The van der Waals surface area contributed by atoms with Crippen molar-refractivity contribution < 1.29 is 9.53 Å². The zero-order chi connectivity index (χ0) is 14.8. The summed E-state index contributed by atoms with van der Waals surface area (Å²) in [6.07, 6.45) is 1.37. The zero-order valence-electron chi connectivity index (χ0n) is 12.4. The van der Waals surface area contributed by atoms with Crippen molar-refractivity contribution in [2.75, 3.05) is 5.32 Å². The van der Waals surface area contributed by atoms with Crippen molar-refractivity contribution in [3.8, 4) is 5.75 Å². The number of benzene rings is 2. The zero-order valence-corrected chi connectivity index (χ0v) is 12.4. The molecule has 0 aliphatic carbocycles. The van der Waals surface area contributed by atoms with Gasteiger partial charge in [0.15, 0.2) is 0 Å². The molecule has 0 unspecified atom stereocenters. The van der Waals surface area contributed by atoms with Gasteiger partial charge in [0.05, 0.1) is 0 Å². The minimum Gasteiger partial charge on any atom is -0.489 e. The lowest BCUT2D eigenvalue weighted by atomic mass is 10.0. The molecular formula is C18H19NO2. The number of ether oxygens (including phenoxy) is 1. The maximum Gasteiger partial charge on any atom is 0.224 e. The van der Waals surface area contributed by atoms with E-state index in [4.69, 9.17) is 4.74 Å². The average Bonchev–Trinajstić information content (AvgIpc) is 2.47. The van der Waals surface area contributed by atoms with Gasteiger partial charge < -0.3 is 10.1 Å². The van der Waals surface area contributed by atoms with Gasteiger partial charge in [0, 0.05) is 18.2 Å². The van der Waals surface area contributed by atoms with E-state index in [2.05, 4.69) is 37.4 Å². The van der Waals surface area contributed by atoms with Crippen LogP contribution < -0.4 is 10.1 Å². The van der Waals surface area contributed by atoms with Crippen LogP contribution in [-0.2, 0) is 17.8 Å². The summed E-state index contributed by atoms with van der Waals surface area (Å²) in [5.41, 5.74) is 5.71. The monoisotopic (exact) mass is 281 g/mol. The molecule has 0 spiro atoms. The Morgan fingerprint density at radius 1 is 1.10 bits per heavy atom. The molecule has 108 valence electrons. The Morgan fingerprint density at radius 3 is 2.81 bits per heavy atom. The summed E-state index contributed by atoms with van der Waals surface area (Å²) in [5.74, 6) is 0.867. The minimum atomic E-state index is 0.0779. The molecule has 1 aliphatic rings. The van der Waals surface area contributed by atoms with Crippen LogP contribution in [0, 0.1) is 13.8 Å². The van der Waals surface area contributed by atoms with Gasteiger partial charge in [0.1, 0.15) is 12.4 Å². The molecule has 0 fully saturated rings. The average molecular weight is 281 g/mol. The molecule has 2 aromatic carbocycles. The third kappa shape index (κ3) is 3.07. The summed E-state index contributed by atoms with van der Waals surface area (Å²) in [4.78, 5) is 11.4. The Morgan fingerprint density at radius 2 is 1.95 bits per heavy atom. The quantitative estimate of drug-likeness (QED) is 0.930. The third-order valence-electron chi connectivity index (χ3n) is 3.88. The number of amides is 1. The highest BCUT2D eigenvalue weighted by Gasteiger charge is 2.15. The van der Waals surface area contributed by atoms with E-state index >= 15 is 0 Å². The molecule has 3 heteroatoms. The first-order valence-corrected chi connectivity index (χ1v) is 7.23. The van der Waals surface area contributed by atoms with E-state index in [1.165, 1.54) is 22.3 Å². The van der Waals surface area contributed by atoms with Crippen molar-refractivity contribution in [2.24, 2.45) is 0 Å². The first kappa shape index (κ1) is 13.7. The Labute approximate surface area is 124 Å². The SMILES string of the molecule is Cc1ccc(C)c(COc2ccc3c(c2)NC(=O)CC3)c1. The number of carbonyl (C=O) groups is 1. The van der Waals surface area contributed by atoms with Gasteiger partial charge in [-0.3, -0.25) is 4.79 Å². The van der Waals surface area contributed by atoms with E-state index in [0.29, 0.717) is 13.0 Å². The molecule has 0 atom stereocenters. The third-order valence-corrected chi connectivity index (χ3v) is 3.88. The molecule has 2 aromatic rings. The van der Waals surface area contributed by atoms with Gasteiger partial charge >= 0.3 is 0 Å². The molecule has 1 amide bonds. The first-order valence-electron chi connectivity index (χ1n) is 7.23. The molecule has 3 nitrogen and oxygen atoms in total. The molecule has 3 rings (SSSR count). The number of aryl methyl sites for hydroxylation is 3. The van der Waals surface area contributed by atoms with Crippen molar-refractivity contribution >= 4 is 11.6 Å². The predicted molar refractivity (Wildman–Crippen MR) is 83.6 cm³/mol. The number of hydrogen-bond donors (Lipinski definition) is 1. The van der Waals surface area contributed by atoms with Crippen molar-refractivity contribution in [1.29, 1.82) is 0 Å². The molecule has 1 N–H and O–H groups in total. The van der Waals surface area contributed by atoms with Crippen molar-refractivity contribution in [3.05, 3.63) is 58.7 Å². The second-order valence-electron chi connectivity index (χ2n) is 5.59. The number of carbonyl (C=O) groups excluding carboxylic acids is 1. The largest absolute Gasteiger partial charge is 0.489 e. The normalized spacial score (nSPS) is 13.5. The van der Waals surface area contributed by atoms with E-state index in [1.54, 1.807) is 0 Å². The lowest BCUT2D eigenvalue weighted by Crippen LogP contribution is -2.18. The van der Waals surface area contributed by atoms with Gasteiger partial charge in [-0.1, -0.05) is 29.8 Å². The molecular weight excluding hydrogens is 262 g/mol. The molecule has 1 aliphatic heterocycles. The maximum absolute atomic E-state index is 11.4. The predicted octanol–water partition coefficient (Wildman–Crippen LogP) is 3.77. The van der Waals surface area contributed by atoms with Crippen LogP contribution in [0.15, 0.2) is 36.4 Å². The number of anilines is 1. The van der Waals surface area contributed by atoms with Gasteiger partial charge in [-0.25, -0.2) is 0 Å². The van der Waals surface area contributed by atoms with E-state index in [0.717, 1.165) is 17.9 Å². The molecule has 0 radical (unpaired) electrons. The van der Waals surface area contributed by atoms with Gasteiger partial charge in [-0.05, 0) is 43.0 Å². The smallest absolute Gasteiger partial charge is 0.224 e. The molecule has 1 heterocycles. The molecule has 0 saturated carbocycles. The summed E-state index contributed by atoms with van der Waals surface area (Å²) in [6.45, 7) is 4.71. The number of nitrogens with one attached hydrogen (secondary N) is 1. The summed E-state index contributed by atoms with van der Waals surface area (Å²) in [7, 11) is 0. The number of hydrogen-bond acceptors (Lipinski definition) is 2. The lowest BCUT2D eigenvalue weighted by Gasteiger charge is -2.18. The Balaban J connectivity index is 1.75. The molecule has 0 saturated heterocycles. The maximum atomic E-state index is 11.4. The van der Waals surface area contributed by atoms with Crippen LogP contribution in [0.4, 0.5) is 5.69 Å². The summed E-state index contributed by atoms with van der Waals surface area (Å²) >= 11 is 0. The molecule has 0 bridgehead atoms. The second kappa shape index (κ2) is 5.60. The summed E-state index contributed by atoms with van der Waals surface area (Å²) < 4.78 is 5.88. The van der Waals surface area contributed by atoms with Gasteiger partial charge in [0.25, 0.3) is 0 Å². The van der Waals surface area contributed by atoms with Crippen LogP contribution in [0.3, 0.4) is 0 Å². The standard InChI is InChI=1S/C18H19NO2/c1-12-3-4-13(2)15(9-12)11-21-16-7-5-14-6-8-18(20)19-17(14)10-16/h3-5,7,9-10H,6,8,11H2,1-2H3,(H,19,20). The summed E-state index contributed by atoms with van der Waals surface area (Å²) in [6, 6.07) is 12.3. The van der Waals surface area contributed by atoms with E-state index in [9.17, 15) is 4.79 Å². The first-order chi connectivity index (χ1) is 10.1. The van der Waals surface area contributed by atoms with Crippen LogP contribution in [0.5, 0.6) is 5.75 Å². The fourth-order valence-corrected chi connectivity index (χ4v) is 2.56. The Hall–Kier alpha value is -2.29. The van der Waals surface area contributed by atoms with E-state index in [-0.39, 0.29) is 5.91 Å². The van der Waals surface area contributed by atoms with Gasteiger partial charge in [-0.15, -0.1) is 0 Å². The summed E-state index contributed by atoms with van der Waals surface area (Å²) in [5, 5.41) is 2.90. The lowest BCUT2D eigenvalue weighted by molar-refractivity contribution is -0.116. The van der Waals surface area contributed by atoms with Crippen molar-refractivity contribution in [1.82, 2.24) is 0 Å². The van der Waals surface area contributed by atoms with Crippen LogP contribution in [-0.4, -0.2) is 5.91 Å². The minimum absolute atomic E-state index is 0.0779.